The summed E-state index contributed by atoms with van der Waals surface area (Å²) in [5.74, 6) is 0. The van der Waals surface area contributed by atoms with Crippen molar-refractivity contribution in [3.05, 3.63) is 16.6 Å². The van der Waals surface area contributed by atoms with Gasteiger partial charge in [-0.05, 0) is 13.8 Å². The van der Waals surface area contributed by atoms with Gasteiger partial charge in [0.25, 0.3) is 21.1 Å². The summed E-state index contributed by atoms with van der Waals surface area (Å²) in [6.07, 6.45) is 1.44. The van der Waals surface area contributed by atoms with Gasteiger partial charge in [-0.3, -0.25) is 0 Å². The molecule has 0 saturated heterocycles. The van der Waals surface area contributed by atoms with Gasteiger partial charge in [0.15, 0.2) is 0 Å². The Morgan fingerprint density at radius 2 is 2.07 bits per heavy atom. The lowest BCUT2D eigenvalue weighted by Gasteiger charge is -2.19. The van der Waals surface area contributed by atoms with E-state index in [1.54, 1.807) is 5.38 Å². The highest BCUT2D eigenvalue weighted by Crippen LogP contribution is 2.32. The van der Waals surface area contributed by atoms with Crippen LogP contribution in [0.2, 0.25) is 0 Å². The van der Waals surface area contributed by atoms with Crippen molar-refractivity contribution >= 4 is 32.4 Å². The van der Waals surface area contributed by atoms with Crippen molar-refractivity contribution in [3.63, 3.8) is 0 Å². The van der Waals surface area contributed by atoms with E-state index in [-0.39, 0.29) is 5.01 Å². The minimum Gasteiger partial charge on any atom is -0.248 e. The Morgan fingerprint density at radius 3 is 2.47 bits per heavy atom. The minimum absolute atomic E-state index is 0.277. The van der Waals surface area contributed by atoms with Crippen molar-refractivity contribution in [1.29, 1.82) is 0 Å². The molecule has 0 aliphatic carbocycles. The largest absolute Gasteiger partial charge is 0.293 e. The molecule has 1 heterocycles. The lowest BCUT2D eigenvalue weighted by Crippen LogP contribution is -2.30. The predicted molar refractivity (Wildman–Crippen MR) is 55.5 cm³/mol. The van der Waals surface area contributed by atoms with E-state index >= 15 is 0 Å². The van der Waals surface area contributed by atoms with E-state index in [1.165, 1.54) is 20.0 Å². The summed E-state index contributed by atoms with van der Waals surface area (Å²) >= 11 is 1.12. The fourth-order valence-corrected chi connectivity index (χ4v) is 3.56. The van der Waals surface area contributed by atoms with Gasteiger partial charge >= 0.3 is 0 Å². The Hall–Kier alpha value is -0.510. The fraction of sp³-hybridized carbons (Fsp3) is 0.500. The number of hydrogen-bond acceptors (Lipinski definition) is 7. The molecule has 0 fully saturated rings. The third-order valence-corrected chi connectivity index (χ3v) is 5.67. The van der Waals surface area contributed by atoms with E-state index in [9.17, 15) is 16.8 Å². The summed E-state index contributed by atoms with van der Waals surface area (Å²) in [7, 11) is -7.67. The number of aromatic nitrogens is 1. The lowest BCUT2D eigenvalue weighted by atomic mass is 10.2. The molecule has 0 spiro atoms. The molecule has 0 atom stereocenters. The topological polar surface area (TPSA) is 90.4 Å². The normalized spacial score (nSPS) is 13.3. The zero-order chi connectivity index (χ0) is 11.7. The van der Waals surface area contributed by atoms with Gasteiger partial charge in [-0.15, -0.1) is 15.0 Å². The maximum Gasteiger partial charge on any atom is 0.293 e. The summed E-state index contributed by atoms with van der Waals surface area (Å²) in [5.41, 5.74) is 0. The Labute approximate surface area is 93.2 Å². The van der Waals surface area contributed by atoms with Crippen LogP contribution in [0.5, 0.6) is 0 Å². The maximum absolute atomic E-state index is 11.5. The van der Waals surface area contributed by atoms with Crippen molar-refractivity contribution in [1.82, 2.24) is 4.98 Å². The second-order valence-corrected chi connectivity index (χ2v) is 6.97. The number of rotatable bonds is 4. The van der Waals surface area contributed by atoms with Crippen LogP contribution in [0.4, 0.5) is 0 Å². The second-order valence-electron chi connectivity index (χ2n) is 3.10. The first-order valence-corrected chi connectivity index (χ1v) is 7.14. The molecule has 0 aliphatic rings. The van der Waals surface area contributed by atoms with Crippen molar-refractivity contribution in [2.45, 2.75) is 18.6 Å². The van der Waals surface area contributed by atoms with Crippen molar-refractivity contribution in [2.24, 2.45) is 0 Å². The van der Waals surface area contributed by atoms with Crippen molar-refractivity contribution in [3.8, 4) is 0 Å². The Balaban J connectivity index is 3.17. The molecule has 1 aromatic heterocycles. The van der Waals surface area contributed by atoms with Crippen LogP contribution in [-0.2, 0) is 29.5 Å². The van der Waals surface area contributed by atoms with E-state index in [2.05, 4.69) is 8.61 Å². The summed E-state index contributed by atoms with van der Waals surface area (Å²) in [6, 6.07) is 0. The molecular formula is C6H9NO5S3. The first-order chi connectivity index (χ1) is 6.77. The van der Waals surface area contributed by atoms with Gasteiger partial charge in [-0.1, -0.05) is 0 Å². The first-order valence-electron chi connectivity index (χ1n) is 3.76. The van der Waals surface area contributed by atoms with Gasteiger partial charge in [0, 0.05) is 11.6 Å². The van der Waals surface area contributed by atoms with Crippen molar-refractivity contribution in [2.75, 3.05) is 0 Å². The number of thiol groups is 1. The number of hydrogen-bond donors (Lipinski definition) is 1. The molecular weight excluding hydrogens is 262 g/mol. The van der Waals surface area contributed by atoms with Crippen molar-refractivity contribution < 1.29 is 20.5 Å². The molecule has 1 rings (SSSR count). The second kappa shape index (κ2) is 4.16. The van der Waals surface area contributed by atoms with E-state index in [0.717, 1.165) is 11.3 Å². The van der Waals surface area contributed by atoms with Gasteiger partial charge in [0.2, 0.25) is 0 Å². The SMILES string of the molecule is CC(C)(c1nccs1)S(=O)(=O)O[SH](=O)=O. The lowest BCUT2D eigenvalue weighted by molar-refractivity contribution is 0.448. The monoisotopic (exact) mass is 271 g/mol. The molecule has 0 saturated carbocycles. The third kappa shape index (κ3) is 2.54. The predicted octanol–water partition coefficient (Wildman–Crippen LogP) is 0.251. The highest BCUT2D eigenvalue weighted by molar-refractivity contribution is 7.94. The van der Waals surface area contributed by atoms with Crippen LogP contribution in [0.3, 0.4) is 0 Å². The van der Waals surface area contributed by atoms with Crippen LogP contribution in [0, 0.1) is 0 Å². The number of thiazole rings is 1. The quantitative estimate of drug-likeness (QED) is 0.789. The maximum atomic E-state index is 11.5. The zero-order valence-electron chi connectivity index (χ0n) is 7.91. The Kier molecular flexibility index (Phi) is 3.48. The average molecular weight is 271 g/mol. The van der Waals surface area contributed by atoms with Gasteiger partial charge in [0.05, 0.1) is 0 Å². The Morgan fingerprint density at radius 1 is 1.47 bits per heavy atom. The van der Waals surface area contributed by atoms with Gasteiger partial charge < -0.3 is 0 Å². The third-order valence-electron chi connectivity index (χ3n) is 1.73. The van der Waals surface area contributed by atoms with Crippen LogP contribution < -0.4 is 0 Å². The highest BCUT2D eigenvalue weighted by atomic mass is 32.3. The molecule has 6 nitrogen and oxygen atoms in total. The molecule has 1 aromatic rings. The highest BCUT2D eigenvalue weighted by Gasteiger charge is 2.40. The average Bonchev–Trinajstić information content (AvgIpc) is 2.52. The molecule has 0 aromatic carbocycles. The Bertz CT molecular complexity index is 491. The first kappa shape index (κ1) is 12.6. The summed E-state index contributed by atoms with van der Waals surface area (Å²) in [5, 5.41) is 1.88. The van der Waals surface area contributed by atoms with Crippen LogP contribution in [0.25, 0.3) is 0 Å². The van der Waals surface area contributed by atoms with Crippen LogP contribution in [0.1, 0.15) is 18.9 Å². The van der Waals surface area contributed by atoms with E-state index < -0.39 is 25.9 Å². The number of nitrogens with zero attached hydrogens (tertiary/aromatic N) is 1. The molecule has 9 heteroatoms. The van der Waals surface area contributed by atoms with Gasteiger partial charge in [-0.2, -0.15) is 8.42 Å². The smallest absolute Gasteiger partial charge is 0.248 e. The summed E-state index contributed by atoms with van der Waals surface area (Å²) in [4.78, 5) is 3.82. The standard InChI is InChI=1S/C6H9NO5S3/c1-6(2,5-7-3-4-13-5)15(10,11)12-14(8)9/h3-4,14H,1-2H3. The van der Waals surface area contributed by atoms with E-state index in [4.69, 9.17) is 0 Å². The molecule has 0 aliphatic heterocycles. The van der Waals surface area contributed by atoms with Crippen LogP contribution in [-0.4, -0.2) is 21.8 Å². The molecule has 0 N–H and O–H groups in total. The molecule has 0 bridgehead atoms. The molecule has 0 amide bonds. The fourth-order valence-electron chi connectivity index (χ4n) is 0.801. The van der Waals surface area contributed by atoms with E-state index in [1.807, 2.05) is 0 Å². The molecule has 0 unspecified atom stereocenters. The summed E-state index contributed by atoms with van der Waals surface area (Å²) < 4.78 is 46.0. The zero-order valence-corrected chi connectivity index (χ0v) is 10.4. The van der Waals surface area contributed by atoms with Gasteiger partial charge in [-0.25, -0.2) is 13.4 Å². The molecule has 86 valence electrons. The molecule has 0 radical (unpaired) electrons. The molecule has 15 heavy (non-hydrogen) atoms. The van der Waals surface area contributed by atoms with Crippen LogP contribution in [0.15, 0.2) is 11.6 Å². The van der Waals surface area contributed by atoms with Crippen LogP contribution >= 0.6 is 11.3 Å². The van der Waals surface area contributed by atoms with E-state index in [0.29, 0.717) is 0 Å². The van der Waals surface area contributed by atoms with Gasteiger partial charge in [0.1, 0.15) is 9.75 Å². The minimum atomic E-state index is -4.23. The summed E-state index contributed by atoms with van der Waals surface area (Å²) in [6.45, 7) is 2.67.